The Labute approximate surface area is 86.1 Å². The second kappa shape index (κ2) is 3.38. The van der Waals surface area contributed by atoms with E-state index in [0.29, 0.717) is 0 Å². The molecule has 1 aromatic heterocycles. The fourth-order valence-corrected chi connectivity index (χ4v) is 1.71. The molecule has 0 unspecified atom stereocenters. The molecule has 0 atom stereocenters. The van der Waals surface area contributed by atoms with Crippen LogP contribution in [0.4, 0.5) is 0 Å². The number of hydrogen-bond acceptors (Lipinski definition) is 0. The third kappa shape index (κ3) is 1.54. The van der Waals surface area contributed by atoms with Crippen LogP contribution < -0.4 is 0 Å². The van der Waals surface area contributed by atoms with Gasteiger partial charge in [-0.25, -0.2) is 0 Å². The Bertz CT molecular complexity index is 403. The van der Waals surface area contributed by atoms with Gasteiger partial charge in [-0.2, -0.15) is 0 Å². The minimum absolute atomic E-state index is 1.10. The highest BCUT2D eigenvalue weighted by molar-refractivity contribution is 9.10. The first-order chi connectivity index (χ1) is 6.29. The van der Waals surface area contributed by atoms with Crippen molar-refractivity contribution in [1.29, 1.82) is 0 Å². The smallest absolute Gasteiger partial charge is 0.0848 e. The van der Waals surface area contributed by atoms with Gasteiger partial charge in [0, 0.05) is 12.7 Å². The van der Waals surface area contributed by atoms with Crippen LogP contribution in [-0.4, -0.2) is 4.57 Å². The molecule has 0 N–H and O–H groups in total. The summed E-state index contributed by atoms with van der Waals surface area (Å²) in [6, 6.07) is 14.5. The molecule has 0 aliphatic heterocycles. The average Bonchev–Trinajstić information content (AvgIpc) is 2.49. The summed E-state index contributed by atoms with van der Waals surface area (Å²) in [5, 5.41) is 0. The zero-order valence-electron chi connectivity index (χ0n) is 7.37. The molecular weight excluding hydrogens is 226 g/mol. The maximum Gasteiger partial charge on any atom is 0.0848 e. The highest BCUT2D eigenvalue weighted by atomic mass is 79.9. The third-order valence-corrected chi connectivity index (χ3v) is 2.93. The highest BCUT2D eigenvalue weighted by Crippen LogP contribution is 2.23. The van der Waals surface area contributed by atoms with Gasteiger partial charge < -0.3 is 4.57 Å². The van der Waals surface area contributed by atoms with Crippen LogP contribution >= 0.6 is 15.9 Å². The van der Waals surface area contributed by atoms with Gasteiger partial charge in [-0.05, 0) is 33.6 Å². The molecule has 0 radical (unpaired) electrons. The minimum Gasteiger partial charge on any atom is -0.338 e. The summed E-state index contributed by atoms with van der Waals surface area (Å²) in [4.78, 5) is 0. The van der Waals surface area contributed by atoms with E-state index in [1.165, 1.54) is 11.3 Å². The van der Waals surface area contributed by atoms with Crippen LogP contribution in [0.15, 0.2) is 47.1 Å². The van der Waals surface area contributed by atoms with Gasteiger partial charge in [0.15, 0.2) is 0 Å². The summed E-state index contributed by atoms with van der Waals surface area (Å²) in [5.41, 5.74) is 2.48. The highest BCUT2D eigenvalue weighted by Gasteiger charge is 2.02. The predicted molar refractivity (Wildman–Crippen MR) is 58.5 cm³/mol. The summed E-state index contributed by atoms with van der Waals surface area (Å²) < 4.78 is 3.22. The van der Waals surface area contributed by atoms with E-state index in [0.717, 1.165) is 4.60 Å². The van der Waals surface area contributed by atoms with Gasteiger partial charge in [-0.15, -0.1) is 0 Å². The van der Waals surface area contributed by atoms with Gasteiger partial charge in [0.05, 0.1) is 4.60 Å². The van der Waals surface area contributed by atoms with E-state index in [-0.39, 0.29) is 0 Å². The van der Waals surface area contributed by atoms with E-state index in [2.05, 4.69) is 56.9 Å². The van der Waals surface area contributed by atoms with Crippen molar-refractivity contribution in [2.45, 2.75) is 0 Å². The van der Waals surface area contributed by atoms with Gasteiger partial charge in [-0.1, -0.05) is 30.3 Å². The molecule has 2 aromatic rings. The van der Waals surface area contributed by atoms with Crippen molar-refractivity contribution in [2.75, 3.05) is 0 Å². The van der Waals surface area contributed by atoms with Crippen molar-refractivity contribution in [2.24, 2.45) is 7.05 Å². The molecule has 0 saturated heterocycles. The van der Waals surface area contributed by atoms with Gasteiger partial charge >= 0.3 is 0 Å². The molecule has 13 heavy (non-hydrogen) atoms. The van der Waals surface area contributed by atoms with E-state index in [1.54, 1.807) is 0 Å². The maximum absolute atomic E-state index is 3.48. The Morgan fingerprint density at radius 2 is 1.69 bits per heavy atom. The summed E-state index contributed by atoms with van der Waals surface area (Å²) in [5.74, 6) is 0. The Balaban J connectivity index is 2.53. The Morgan fingerprint density at radius 1 is 1.00 bits per heavy atom. The number of halogens is 1. The van der Waals surface area contributed by atoms with Crippen molar-refractivity contribution in [3.8, 4) is 11.3 Å². The van der Waals surface area contributed by atoms with Crippen LogP contribution in [0.3, 0.4) is 0 Å². The molecule has 0 bridgehead atoms. The molecule has 0 saturated carbocycles. The molecular formula is C11H10BrN. The Hall–Kier alpha value is -1.02. The maximum atomic E-state index is 3.48. The van der Waals surface area contributed by atoms with Crippen molar-refractivity contribution in [3.05, 3.63) is 47.1 Å². The molecule has 0 aliphatic rings. The van der Waals surface area contributed by atoms with Crippen molar-refractivity contribution < 1.29 is 0 Å². The zero-order chi connectivity index (χ0) is 9.26. The van der Waals surface area contributed by atoms with Crippen LogP contribution in [0.5, 0.6) is 0 Å². The molecule has 2 heteroatoms. The van der Waals surface area contributed by atoms with Crippen LogP contribution in [0.2, 0.25) is 0 Å². The van der Waals surface area contributed by atoms with E-state index in [4.69, 9.17) is 0 Å². The molecule has 66 valence electrons. The third-order valence-electron chi connectivity index (χ3n) is 2.13. The van der Waals surface area contributed by atoms with Crippen molar-refractivity contribution >= 4 is 15.9 Å². The summed E-state index contributed by atoms with van der Waals surface area (Å²) in [6.45, 7) is 0. The lowest BCUT2D eigenvalue weighted by atomic mass is 10.2. The van der Waals surface area contributed by atoms with E-state index >= 15 is 0 Å². The van der Waals surface area contributed by atoms with Crippen LogP contribution in [0.1, 0.15) is 0 Å². The number of aromatic nitrogens is 1. The number of benzene rings is 1. The molecule has 1 aromatic carbocycles. The fourth-order valence-electron chi connectivity index (χ4n) is 1.39. The van der Waals surface area contributed by atoms with Crippen LogP contribution in [0.25, 0.3) is 11.3 Å². The molecule has 0 spiro atoms. The summed E-state index contributed by atoms with van der Waals surface area (Å²) >= 11 is 3.48. The van der Waals surface area contributed by atoms with E-state index in [9.17, 15) is 0 Å². The first-order valence-corrected chi connectivity index (χ1v) is 4.95. The summed E-state index contributed by atoms with van der Waals surface area (Å²) in [7, 11) is 2.05. The lowest BCUT2D eigenvalue weighted by Gasteiger charge is -2.03. The molecule has 0 amide bonds. The fraction of sp³-hybridized carbons (Fsp3) is 0.0909. The Morgan fingerprint density at radius 3 is 2.23 bits per heavy atom. The first-order valence-electron chi connectivity index (χ1n) is 4.15. The van der Waals surface area contributed by atoms with Crippen LogP contribution in [0, 0.1) is 0 Å². The first kappa shape index (κ1) is 8.57. The molecule has 0 fully saturated rings. The van der Waals surface area contributed by atoms with Crippen LogP contribution in [-0.2, 0) is 7.05 Å². The quantitative estimate of drug-likeness (QED) is 0.714. The molecule has 1 nitrogen and oxygen atoms in total. The topological polar surface area (TPSA) is 4.93 Å². The predicted octanol–water partition coefficient (Wildman–Crippen LogP) is 3.45. The molecule has 1 heterocycles. The molecule has 0 aliphatic carbocycles. The SMILES string of the molecule is Cn1c(Br)ccc1-c1ccccc1. The number of nitrogens with zero attached hydrogens (tertiary/aromatic N) is 1. The van der Waals surface area contributed by atoms with Crippen molar-refractivity contribution in [3.63, 3.8) is 0 Å². The Kier molecular flexibility index (Phi) is 2.23. The molecule has 2 rings (SSSR count). The number of hydrogen-bond donors (Lipinski definition) is 0. The average molecular weight is 236 g/mol. The van der Waals surface area contributed by atoms with E-state index < -0.39 is 0 Å². The monoisotopic (exact) mass is 235 g/mol. The minimum atomic E-state index is 1.10. The lowest BCUT2D eigenvalue weighted by molar-refractivity contribution is 0.911. The summed E-state index contributed by atoms with van der Waals surface area (Å²) in [6.07, 6.45) is 0. The standard InChI is InChI=1S/C11H10BrN/c1-13-10(7-8-11(13)12)9-5-3-2-4-6-9/h2-8H,1H3. The van der Waals surface area contributed by atoms with Gasteiger partial charge in [0.2, 0.25) is 0 Å². The second-order valence-electron chi connectivity index (χ2n) is 2.97. The largest absolute Gasteiger partial charge is 0.338 e. The van der Waals surface area contributed by atoms with Gasteiger partial charge in [0.1, 0.15) is 0 Å². The normalized spacial score (nSPS) is 10.3. The second-order valence-corrected chi connectivity index (χ2v) is 3.78. The van der Waals surface area contributed by atoms with Crippen molar-refractivity contribution in [1.82, 2.24) is 4.57 Å². The van der Waals surface area contributed by atoms with Gasteiger partial charge in [-0.3, -0.25) is 0 Å². The number of rotatable bonds is 1. The lowest BCUT2D eigenvalue weighted by Crippen LogP contribution is -1.90. The van der Waals surface area contributed by atoms with Gasteiger partial charge in [0.25, 0.3) is 0 Å². The van der Waals surface area contributed by atoms with E-state index in [1.807, 2.05) is 13.1 Å². The zero-order valence-corrected chi connectivity index (χ0v) is 8.95.